The van der Waals surface area contributed by atoms with Crippen LogP contribution in [0.15, 0.2) is 23.6 Å². The summed E-state index contributed by atoms with van der Waals surface area (Å²) < 4.78 is 27.2. The summed E-state index contributed by atoms with van der Waals surface area (Å²) in [6.45, 7) is 1.70. The van der Waals surface area contributed by atoms with Gasteiger partial charge in [0.25, 0.3) is 0 Å². The van der Waals surface area contributed by atoms with E-state index in [1.807, 2.05) is 12.3 Å². The van der Waals surface area contributed by atoms with Gasteiger partial charge in [0.05, 0.1) is 29.3 Å². The summed E-state index contributed by atoms with van der Waals surface area (Å²) in [5.74, 6) is -1.74. The van der Waals surface area contributed by atoms with E-state index in [0.717, 1.165) is 22.7 Å². The zero-order valence-corrected chi connectivity index (χ0v) is 14.9. The zero-order valence-electron chi connectivity index (χ0n) is 13.3. The Morgan fingerprint density at radius 2 is 1.88 bits per heavy atom. The molecular formula is C17H14F2N2O2S2. The van der Waals surface area contributed by atoms with Crippen molar-refractivity contribution in [2.45, 2.75) is 26.4 Å². The molecule has 0 bridgehead atoms. The highest BCUT2D eigenvalue weighted by molar-refractivity contribution is 7.16. The van der Waals surface area contributed by atoms with E-state index in [-0.39, 0.29) is 30.8 Å². The summed E-state index contributed by atoms with van der Waals surface area (Å²) in [5.41, 5.74) is 1.25. The van der Waals surface area contributed by atoms with Crippen molar-refractivity contribution in [2.75, 3.05) is 0 Å². The molecule has 8 heteroatoms. The molecule has 0 amide bonds. The van der Waals surface area contributed by atoms with Gasteiger partial charge < -0.3 is 5.11 Å². The number of hydrogen-bond acceptors (Lipinski definition) is 6. The van der Waals surface area contributed by atoms with Gasteiger partial charge in [-0.2, -0.15) is 0 Å². The Kier molecular flexibility index (Phi) is 5.31. The quantitative estimate of drug-likeness (QED) is 0.708. The number of rotatable bonds is 6. The summed E-state index contributed by atoms with van der Waals surface area (Å²) in [7, 11) is 0. The van der Waals surface area contributed by atoms with Gasteiger partial charge in [-0.1, -0.05) is 6.07 Å². The van der Waals surface area contributed by atoms with Crippen LogP contribution in [-0.2, 0) is 24.2 Å². The van der Waals surface area contributed by atoms with E-state index in [1.165, 1.54) is 28.7 Å². The summed E-state index contributed by atoms with van der Waals surface area (Å²) >= 11 is 2.66. The predicted octanol–water partition coefficient (Wildman–Crippen LogP) is 3.70. The third-order valence-corrected chi connectivity index (χ3v) is 5.56. The maximum absolute atomic E-state index is 13.6. The molecule has 0 atom stereocenters. The summed E-state index contributed by atoms with van der Waals surface area (Å²) in [6.07, 6.45) is -0.287. The van der Waals surface area contributed by atoms with Crippen molar-refractivity contribution in [3.63, 3.8) is 0 Å². The Morgan fingerprint density at radius 3 is 2.52 bits per heavy atom. The molecular weight excluding hydrogens is 366 g/mol. The molecule has 1 aromatic carbocycles. The lowest BCUT2D eigenvalue weighted by Crippen LogP contribution is -2.09. The van der Waals surface area contributed by atoms with Gasteiger partial charge in [-0.25, -0.2) is 18.7 Å². The van der Waals surface area contributed by atoms with Crippen LogP contribution in [0.3, 0.4) is 0 Å². The third kappa shape index (κ3) is 3.97. The third-order valence-electron chi connectivity index (χ3n) is 3.54. The van der Waals surface area contributed by atoms with Crippen LogP contribution in [0.2, 0.25) is 0 Å². The van der Waals surface area contributed by atoms with E-state index in [1.54, 1.807) is 0 Å². The van der Waals surface area contributed by atoms with Gasteiger partial charge in [-0.15, -0.1) is 22.7 Å². The van der Waals surface area contributed by atoms with Gasteiger partial charge in [0.2, 0.25) is 0 Å². The number of benzene rings is 1. The fraction of sp³-hybridized carbons (Fsp3) is 0.235. The number of aromatic nitrogens is 2. The maximum Gasteiger partial charge on any atom is 0.144 e. The highest BCUT2D eigenvalue weighted by Crippen LogP contribution is 2.31. The van der Waals surface area contributed by atoms with E-state index in [4.69, 9.17) is 5.11 Å². The van der Waals surface area contributed by atoms with Gasteiger partial charge in [-0.3, -0.25) is 4.79 Å². The van der Waals surface area contributed by atoms with E-state index >= 15 is 0 Å². The van der Waals surface area contributed by atoms with Crippen LogP contribution in [0.25, 0.3) is 10.6 Å². The van der Waals surface area contributed by atoms with Crippen molar-refractivity contribution in [3.05, 3.63) is 56.5 Å². The number of carbonyl (C=O) groups is 1. The summed E-state index contributed by atoms with van der Waals surface area (Å²) in [5, 5.41) is 12.2. The maximum atomic E-state index is 13.6. The molecule has 0 radical (unpaired) electrons. The van der Waals surface area contributed by atoms with E-state index in [0.29, 0.717) is 15.7 Å². The van der Waals surface area contributed by atoms with Gasteiger partial charge >= 0.3 is 0 Å². The van der Waals surface area contributed by atoms with Crippen LogP contribution < -0.4 is 0 Å². The number of Topliss-reactive ketones (excluding diaryl/α,β-unsaturated/α-hetero) is 1. The van der Waals surface area contributed by atoms with E-state index in [2.05, 4.69) is 9.97 Å². The molecule has 4 nitrogen and oxygen atoms in total. The fourth-order valence-corrected chi connectivity index (χ4v) is 4.16. The molecule has 0 aliphatic carbocycles. The second-order valence-electron chi connectivity index (χ2n) is 5.40. The lowest BCUT2D eigenvalue weighted by molar-refractivity contribution is -0.117. The Morgan fingerprint density at radius 1 is 1.16 bits per heavy atom. The molecule has 0 saturated carbocycles. The zero-order chi connectivity index (χ0) is 18.0. The van der Waals surface area contributed by atoms with Crippen LogP contribution in [0.4, 0.5) is 8.78 Å². The number of thiazole rings is 2. The fourth-order valence-electron chi connectivity index (χ4n) is 2.38. The SMILES string of the molecule is Cc1nc(CO)sc1-c1csc(CC(=O)Cc2c(F)cccc2F)n1. The molecule has 25 heavy (non-hydrogen) atoms. The molecule has 0 aliphatic heterocycles. The van der Waals surface area contributed by atoms with Gasteiger partial charge in [0.15, 0.2) is 0 Å². The average molecular weight is 380 g/mol. The summed E-state index contributed by atoms with van der Waals surface area (Å²) in [4.78, 5) is 21.6. The highest BCUT2D eigenvalue weighted by Gasteiger charge is 2.17. The Bertz CT molecular complexity index is 901. The molecule has 0 aliphatic rings. The van der Waals surface area contributed by atoms with Gasteiger partial charge in [0, 0.05) is 17.4 Å². The smallest absolute Gasteiger partial charge is 0.144 e. The number of hydrogen-bond donors (Lipinski definition) is 1. The Labute approximate surface area is 150 Å². The second kappa shape index (κ2) is 7.47. The van der Waals surface area contributed by atoms with Crippen LogP contribution in [0.1, 0.15) is 21.3 Å². The first-order valence-corrected chi connectivity index (χ1v) is 9.14. The van der Waals surface area contributed by atoms with Crippen LogP contribution in [-0.4, -0.2) is 20.9 Å². The number of ketones is 1. The molecule has 3 aromatic rings. The van der Waals surface area contributed by atoms with Crippen molar-refractivity contribution >= 4 is 28.5 Å². The van der Waals surface area contributed by atoms with E-state index < -0.39 is 11.6 Å². The van der Waals surface area contributed by atoms with Crippen molar-refractivity contribution in [2.24, 2.45) is 0 Å². The first-order valence-electron chi connectivity index (χ1n) is 7.44. The first-order chi connectivity index (χ1) is 12.0. The minimum atomic E-state index is -0.718. The average Bonchev–Trinajstić information content (AvgIpc) is 3.17. The van der Waals surface area contributed by atoms with Crippen LogP contribution >= 0.6 is 22.7 Å². The molecule has 2 heterocycles. The Hall–Kier alpha value is -2.03. The van der Waals surface area contributed by atoms with Crippen molar-refractivity contribution in [3.8, 4) is 10.6 Å². The topological polar surface area (TPSA) is 63.1 Å². The lowest BCUT2D eigenvalue weighted by Gasteiger charge is -2.03. The molecule has 0 unspecified atom stereocenters. The molecule has 0 fully saturated rings. The predicted molar refractivity (Wildman–Crippen MR) is 92.7 cm³/mol. The standard InChI is InChI=1S/C17H14F2N2O2S2/c1-9-17(25-16(7-22)20-9)14-8-24-15(21-14)6-10(23)5-11-12(18)3-2-4-13(11)19/h2-4,8,22H,5-7H2,1H3. The number of carbonyl (C=O) groups excluding carboxylic acids is 1. The Balaban J connectivity index is 1.73. The van der Waals surface area contributed by atoms with Crippen molar-refractivity contribution in [1.29, 1.82) is 0 Å². The number of nitrogens with zero attached hydrogens (tertiary/aromatic N) is 2. The minimum Gasteiger partial charge on any atom is -0.389 e. The number of aryl methyl sites for hydroxylation is 1. The molecule has 130 valence electrons. The number of aliphatic hydroxyl groups is 1. The minimum absolute atomic E-state index is 0.0170. The molecule has 0 spiro atoms. The molecule has 1 N–H and O–H groups in total. The molecule has 0 saturated heterocycles. The molecule has 2 aromatic heterocycles. The summed E-state index contributed by atoms with van der Waals surface area (Å²) in [6, 6.07) is 3.54. The van der Waals surface area contributed by atoms with Crippen LogP contribution in [0.5, 0.6) is 0 Å². The number of aliphatic hydroxyl groups excluding tert-OH is 1. The van der Waals surface area contributed by atoms with E-state index in [9.17, 15) is 13.6 Å². The second-order valence-corrected chi connectivity index (χ2v) is 7.43. The highest BCUT2D eigenvalue weighted by atomic mass is 32.1. The normalized spacial score (nSPS) is 11.0. The first kappa shape index (κ1) is 17.8. The van der Waals surface area contributed by atoms with Crippen molar-refractivity contribution < 1.29 is 18.7 Å². The van der Waals surface area contributed by atoms with Gasteiger partial charge in [-0.05, 0) is 19.1 Å². The van der Waals surface area contributed by atoms with Gasteiger partial charge in [0.1, 0.15) is 27.4 Å². The van der Waals surface area contributed by atoms with Crippen LogP contribution in [0, 0.1) is 18.6 Å². The van der Waals surface area contributed by atoms with Crippen molar-refractivity contribution in [1.82, 2.24) is 9.97 Å². The lowest BCUT2D eigenvalue weighted by atomic mass is 10.1. The number of halogens is 2. The monoisotopic (exact) mass is 380 g/mol. The largest absolute Gasteiger partial charge is 0.389 e. The molecule has 3 rings (SSSR count).